The molecule has 27 heavy (non-hydrogen) atoms. The smallest absolute Gasteiger partial charge is 0.255 e. The maximum atomic E-state index is 13.0. The lowest BCUT2D eigenvalue weighted by atomic mass is 9.97. The number of nitrogens with zero attached hydrogens (tertiary/aromatic N) is 2. The van der Waals surface area contributed by atoms with Gasteiger partial charge in [-0.15, -0.1) is 0 Å². The summed E-state index contributed by atoms with van der Waals surface area (Å²) in [6.45, 7) is 4.82. The number of benzene rings is 1. The van der Waals surface area contributed by atoms with Gasteiger partial charge in [0.15, 0.2) is 0 Å². The highest BCUT2D eigenvalue weighted by Crippen LogP contribution is 2.25. The van der Waals surface area contributed by atoms with E-state index in [2.05, 4.69) is 20.7 Å². The monoisotopic (exact) mass is 366 g/mol. The molecule has 0 radical (unpaired) electrons. The van der Waals surface area contributed by atoms with Crippen molar-refractivity contribution in [3.05, 3.63) is 59.1 Å². The number of carbonyl (C=O) groups is 1. The van der Waals surface area contributed by atoms with E-state index < -0.39 is 0 Å². The van der Waals surface area contributed by atoms with Crippen LogP contribution >= 0.6 is 0 Å². The van der Waals surface area contributed by atoms with Crippen LogP contribution in [0.2, 0.25) is 0 Å². The van der Waals surface area contributed by atoms with Crippen molar-refractivity contribution in [1.29, 1.82) is 0 Å². The maximum absolute atomic E-state index is 13.0. The zero-order chi connectivity index (χ0) is 18.8. The molecule has 3 aromatic rings. The van der Waals surface area contributed by atoms with Gasteiger partial charge in [-0.3, -0.25) is 9.89 Å². The van der Waals surface area contributed by atoms with Gasteiger partial charge in [0.05, 0.1) is 30.5 Å². The summed E-state index contributed by atoms with van der Waals surface area (Å²) in [4.78, 5) is 13.0. The highest BCUT2D eigenvalue weighted by atomic mass is 16.5. The number of ether oxygens (including phenoxy) is 1. The minimum absolute atomic E-state index is 0.0826. The van der Waals surface area contributed by atoms with Crippen LogP contribution in [0.3, 0.4) is 0 Å². The van der Waals surface area contributed by atoms with Crippen LogP contribution in [0.5, 0.6) is 0 Å². The van der Waals surface area contributed by atoms with Crippen molar-refractivity contribution in [2.75, 3.05) is 13.2 Å². The fraction of sp³-hybridized carbons (Fsp3) is 0.350. The number of aromatic amines is 1. The molecule has 7 heteroatoms. The first-order chi connectivity index (χ1) is 13.1. The molecule has 2 N–H and O–H groups in total. The number of aryl methyl sites for hydroxylation is 2. The molecule has 1 saturated heterocycles. The van der Waals surface area contributed by atoms with Gasteiger partial charge in [-0.1, -0.05) is 35.5 Å². The van der Waals surface area contributed by atoms with Crippen LogP contribution in [0.15, 0.2) is 40.9 Å². The first kappa shape index (κ1) is 17.5. The van der Waals surface area contributed by atoms with E-state index >= 15 is 0 Å². The van der Waals surface area contributed by atoms with E-state index in [0.717, 1.165) is 22.7 Å². The van der Waals surface area contributed by atoms with Crippen LogP contribution in [0.1, 0.15) is 27.5 Å². The van der Waals surface area contributed by atoms with E-state index in [-0.39, 0.29) is 17.9 Å². The molecule has 140 valence electrons. The number of nitrogens with one attached hydrogen (secondary N) is 2. The normalized spacial score (nSPS) is 19.3. The van der Waals surface area contributed by atoms with Crippen molar-refractivity contribution in [3.8, 4) is 11.3 Å². The average Bonchev–Trinajstić information content (AvgIpc) is 3.37. The molecule has 0 spiro atoms. The first-order valence-electron chi connectivity index (χ1n) is 9.03. The third kappa shape index (κ3) is 3.64. The Hall–Kier alpha value is -2.93. The van der Waals surface area contributed by atoms with Crippen LogP contribution in [0, 0.1) is 19.8 Å². The second-order valence-corrected chi connectivity index (χ2v) is 6.95. The van der Waals surface area contributed by atoms with E-state index in [4.69, 9.17) is 9.26 Å². The molecule has 7 nitrogen and oxygen atoms in total. The van der Waals surface area contributed by atoms with Crippen molar-refractivity contribution in [1.82, 2.24) is 20.7 Å². The minimum atomic E-state index is -0.144. The summed E-state index contributed by atoms with van der Waals surface area (Å²) in [7, 11) is 0. The van der Waals surface area contributed by atoms with Gasteiger partial charge in [0.1, 0.15) is 11.5 Å². The van der Waals surface area contributed by atoms with Gasteiger partial charge < -0.3 is 14.6 Å². The van der Waals surface area contributed by atoms with Gasteiger partial charge in [-0.05, 0) is 13.8 Å². The number of aromatic nitrogens is 3. The lowest BCUT2D eigenvalue weighted by Gasteiger charge is -2.18. The second kappa shape index (κ2) is 7.36. The molecule has 1 aliphatic heterocycles. The fourth-order valence-corrected chi connectivity index (χ4v) is 3.48. The highest BCUT2D eigenvalue weighted by molar-refractivity contribution is 6.01. The Morgan fingerprint density at radius 3 is 2.81 bits per heavy atom. The van der Waals surface area contributed by atoms with Crippen LogP contribution in [-0.2, 0) is 11.2 Å². The van der Waals surface area contributed by atoms with Crippen molar-refractivity contribution in [2.24, 2.45) is 5.92 Å². The van der Waals surface area contributed by atoms with Crippen molar-refractivity contribution >= 4 is 5.91 Å². The van der Waals surface area contributed by atoms with E-state index in [1.54, 1.807) is 0 Å². The third-order valence-corrected chi connectivity index (χ3v) is 4.88. The quantitative estimate of drug-likeness (QED) is 0.724. The zero-order valence-electron chi connectivity index (χ0n) is 15.4. The topological polar surface area (TPSA) is 93.0 Å². The Morgan fingerprint density at radius 1 is 1.26 bits per heavy atom. The molecule has 2 aromatic heterocycles. The van der Waals surface area contributed by atoms with Crippen LogP contribution in [-0.4, -0.2) is 40.5 Å². The molecule has 2 atom stereocenters. The zero-order valence-corrected chi connectivity index (χ0v) is 15.4. The Bertz CT molecular complexity index is 932. The van der Waals surface area contributed by atoms with Crippen LogP contribution in [0.25, 0.3) is 11.3 Å². The van der Waals surface area contributed by atoms with Gasteiger partial charge in [0, 0.05) is 29.7 Å². The predicted octanol–water partition coefficient (Wildman–Crippen LogP) is 2.67. The fourth-order valence-electron chi connectivity index (χ4n) is 3.48. The second-order valence-electron chi connectivity index (χ2n) is 6.95. The summed E-state index contributed by atoms with van der Waals surface area (Å²) in [5, 5.41) is 14.3. The van der Waals surface area contributed by atoms with Crippen molar-refractivity contribution in [3.63, 3.8) is 0 Å². The van der Waals surface area contributed by atoms with Gasteiger partial charge in [0.25, 0.3) is 5.91 Å². The summed E-state index contributed by atoms with van der Waals surface area (Å²) in [5.74, 6) is 0.815. The Kier molecular flexibility index (Phi) is 4.77. The molecule has 0 bridgehead atoms. The Morgan fingerprint density at radius 2 is 2.07 bits per heavy atom. The Balaban J connectivity index is 1.51. The number of hydrogen-bond donors (Lipinski definition) is 2. The van der Waals surface area contributed by atoms with E-state index in [1.807, 2.05) is 50.2 Å². The minimum Gasteiger partial charge on any atom is -0.379 e. The number of hydrogen-bond acceptors (Lipinski definition) is 5. The molecule has 0 saturated carbocycles. The predicted molar refractivity (Wildman–Crippen MR) is 99.3 cm³/mol. The molecule has 4 rings (SSSR count). The maximum Gasteiger partial charge on any atom is 0.255 e. The lowest BCUT2D eigenvalue weighted by molar-refractivity contribution is 0.0924. The van der Waals surface area contributed by atoms with Gasteiger partial charge in [0.2, 0.25) is 0 Å². The average molecular weight is 366 g/mol. The molecular formula is C20H22N4O3. The molecule has 1 aromatic carbocycles. The van der Waals surface area contributed by atoms with E-state index in [9.17, 15) is 4.79 Å². The molecule has 1 aliphatic rings. The van der Waals surface area contributed by atoms with E-state index in [0.29, 0.717) is 30.9 Å². The Labute approximate surface area is 157 Å². The summed E-state index contributed by atoms with van der Waals surface area (Å²) in [6.07, 6.45) is 0.682. The highest BCUT2D eigenvalue weighted by Gasteiger charge is 2.32. The SMILES string of the molecule is Cc1cc(C[C@@H]2COC[C@@H]2NC(=O)c2c(-c3ccccc3)n[nH]c2C)on1. The third-order valence-electron chi connectivity index (χ3n) is 4.88. The summed E-state index contributed by atoms with van der Waals surface area (Å²) >= 11 is 0. The van der Waals surface area contributed by atoms with Crippen molar-refractivity contribution < 1.29 is 14.1 Å². The molecule has 1 fully saturated rings. The molecule has 1 amide bonds. The van der Waals surface area contributed by atoms with Gasteiger partial charge in [-0.25, -0.2) is 0 Å². The molecule has 3 heterocycles. The molecule has 0 unspecified atom stereocenters. The van der Waals surface area contributed by atoms with Crippen LogP contribution < -0.4 is 5.32 Å². The standard InChI is InChI=1S/C20H22N4O3/c1-12-8-16(27-24-12)9-15-10-26-11-17(15)21-20(25)18-13(2)22-23-19(18)14-6-4-3-5-7-14/h3-8,15,17H,9-11H2,1-2H3,(H,21,25)(H,22,23)/t15-,17+/m1/s1. The largest absolute Gasteiger partial charge is 0.379 e. The van der Waals surface area contributed by atoms with E-state index in [1.165, 1.54) is 0 Å². The summed E-state index contributed by atoms with van der Waals surface area (Å²) in [6, 6.07) is 11.5. The molecular weight excluding hydrogens is 344 g/mol. The summed E-state index contributed by atoms with van der Waals surface area (Å²) < 4.78 is 10.9. The van der Waals surface area contributed by atoms with Crippen molar-refractivity contribution in [2.45, 2.75) is 26.3 Å². The summed E-state index contributed by atoms with van der Waals surface area (Å²) in [5.41, 5.74) is 3.73. The lowest BCUT2D eigenvalue weighted by Crippen LogP contribution is -2.40. The number of amides is 1. The van der Waals surface area contributed by atoms with Crippen LogP contribution in [0.4, 0.5) is 0 Å². The number of H-pyrrole nitrogens is 1. The molecule has 0 aliphatic carbocycles. The first-order valence-corrected chi connectivity index (χ1v) is 9.03. The van der Waals surface area contributed by atoms with Gasteiger partial charge >= 0.3 is 0 Å². The number of rotatable bonds is 5. The number of carbonyl (C=O) groups excluding carboxylic acids is 1. The van der Waals surface area contributed by atoms with Gasteiger partial charge in [-0.2, -0.15) is 5.10 Å².